The second-order valence-electron chi connectivity index (χ2n) is 2.35. The normalized spacial score (nSPS) is 8.69. The molecule has 0 atom stereocenters. The molecule has 1 rings (SSSR count). The Kier molecular flexibility index (Phi) is 2.78. The van der Waals surface area contributed by atoms with E-state index in [4.69, 9.17) is 23.1 Å². The SMILES string of the molecule is NC(=O)C#Cc1ccc(Cl)c(N)c1. The van der Waals surface area contributed by atoms with Crippen molar-refractivity contribution in [3.8, 4) is 11.8 Å². The Morgan fingerprint density at radius 1 is 1.46 bits per heavy atom. The molecule has 0 saturated carbocycles. The van der Waals surface area contributed by atoms with Crippen molar-refractivity contribution in [3.63, 3.8) is 0 Å². The Morgan fingerprint density at radius 2 is 2.15 bits per heavy atom. The van der Waals surface area contributed by atoms with E-state index in [-0.39, 0.29) is 0 Å². The molecule has 0 bridgehead atoms. The van der Waals surface area contributed by atoms with Gasteiger partial charge in [0.15, 0.2) is 0 Å². The first-order chi connectivity index (χ1) is 6.09. The van der Waals surface area contributed by atoms with Gasteiger partial charge in [-0.05, 0) is 24.1 Å². The van der Waals surface area contributed by atoms with Crippen molar-refractivity contribution in [2.24, 2.45) is 5.73 Å². The van der Waals surface area contributed by atoms with Crippen LogP contribution in [0.3, 0.4) is 0 Å². The molecule has 3 nitrogen and oxygen atoms in total. The highest BCUT2D eigenvalue weighted by atomic mass is 35.5. The Hall–Kier alpha value is -1.66. The number of amides is 1. The van der Waals surface area contributed by atoms with Crippen LogP contribution in [-0.4, -0.2) is 5.91 Å². The number of hydrogen-bond acceptors (Lipinski definition) is 2. The first-order valence-electron chi connectivity index (χ1n) is 3.46. The van der Waals surface area contributed by atoms with E-state index in [2.05, 4.69) is 11.8 Å². The molecule has 0 radical (unpaired) electrons. The molecular weight excluding hydrogens is 188 g/mol. The lowest BCUT2D eigenvalue weighted by atomic mass is 10.2. The van der Waals surface area contributed by atoms with Crippen molar-refractivity contribution in [3.05, 3.63) is 28.8 Å². The van der Waals surface area contributed by atoms with Crippen molar-refractivity contribution in [2.75, 3.05) is 5.73 Å². The Morgan fingerprint density at radius 3 is 2.69 bits per heavy atom. The highest BCUT2D eigenvalue weighted by Gasteiger charge is 1.95. The summed E-state index contributed by atoms with van der Waals surface area (Å²) >= 11 is 5.68. The first-order valence-corrected chi connectivity index (χ1v) is 3.84. The molecule has 66 valence electrons. The molecule has 0 saturated heterocycles. The van der Waals surface area contributed by atoms with E-state index in [1.807, 2.05) is 0 Å². The van der Waals surface area contributed by atoms with Crippen LogP contribution in [0.1, 0.15) is 5.56 Å². The summed E-state index contributed by atoms with van der Waals surface area (Å²) in [4.78, 5) is 10.3. The number of nitrogen functional groups attached to an aromatic ring is 1. The topological polar surface area (TPSA) is 69.1 Å². The van der Waals surface area contributed by atoms with Gasteiger partial charge < -0.3 is 11.5 Å². The molecule has 1 aromatic carbocycles. The Labute approximate surface area is 80.7 Å². The third-order valence-corrected chi connectivity index (χ3v) is 1.67. The summed E-state index contributed by atoms with van der Waals surface area (Å²) in [6.07, 6.45) is 0. The van der Waals surface area contributed by atoms with Gasteiger partial charge in [-0.1, -0.05) is 17.5 Å². The molecule has 0 unspecified atom stereocenters. The molecular formula is C9H7ClN2O. The first kappa shape index (κ1) is 9.43. The van der Waals surface area contributed by atoms with Gasteiger partial charge in [-0.15, -0.1) is 0 Å². The van der Waals surface area contributed by atoms with Crippen LogP contribution in [0.4, 0.5) is 5.69 Å². The fraction of sp³-hybridized carbons (Fsp3) is 0. The molecule has 0 heterocycles. The summed E-state index contributed by atoms with van der Waals surface area (Å²) in [7, 11) is 0. The second-order valence-corrected chi connectivity index (χ2v) is 2.76. The molecule has 0 aliphatic carbocycles. The van der Waals surface area contributed by atoms with Crippen LogP contribution in [0.2, 0.25) is 5.02 Å². The summed E-state index contributed by atoms with van der Waals surface area (Å²) in [5.41, 5.74) is 11.4. The second kappa shape index (κ2) is 3.83. The molecule has 0 aliphatic rings. The van der Waals surface area contributed by atoms with E-state index in [1.165, 1.54) is 0 Å². The molecule has 0 aliphatic heterocycles. The number of benzene rings is 1. The van der Waals surface area contributed by atoms with Crippen molar-refractivity contribution in [1.29, 1.82) is 0 Å². The predicted octanol–water partition coefficient (Wildman–Crippen LogP) is 0.759. The summed E-state index contributed by atoms with van der Waals surface area (Å²) in [5.74, 6) is 4.07. The number of rotatable bonds is 0. The maximum atomic E-state index is 10.3. The lowest BCUT2D eigenvalue weighted by Gasteiger charge is -1.96. The molecule has 4 N–H and O–H groups in total. The van der Waals surface area contributed by atoms with E-state index < -0.39 is 5.91 Å². The van der Waals surface area contributed by atoms with Crippen LogP contribution in [-0.2, 0) is 4.79 Å². The minimum absolute atomic E-state index is 0.429. The van der Waals surface area contributed by atoms with Gasteiger partial charge in [0.1, 0.15) is 0 Å². The van der Waals surface area contributed by atoms with Crippen molar-refractivity contribution >= 4 is 23.2 Å². The van der Waals surface area contributed by atoms with Gasteiger partial charge in [0.05, 0.1) is 10.7 Å². The minimum atomic E-state index is -0.673. The van der Waals surface area contributed by atoms with E-state index in [0.29, 0.717) is 16.3 Å². The smallest absolute Gasteiger partial charge is 0.293 e. The third-order valence-electron chi connectivity index (χ3n) is 1.33. The highest BCUT2D eigenvalue weighted by molar-refractivity contribution is 6.33. The van der Waals surface area contributed by atoms with Crippen LogP contribution >= 0.6 is 11.6 Å². The van der Waals surface area contributed by atoms with Gasteiger partial charge in [-0.3, -0.25) is 4.79 Å². The van der Waals surface area contributed by atoms with Gasteiger partial charge in [0, 0.05) is 5.56 Å². The summed E-state index contributed by atoms with van der Waals surface area (Å²) in [5, 5.41) is 0.463. The molecule has 0 aromatic heterocycles. The molecule has 13 heavy (non-hydrogen) atoms. The number of anilines is 1. The van der Waals surface area contributed by atoms with Crippen LogP contribution in [0.5, 0.6) is 0 Å². The number of halogens is 1. The molecule has 0 fully saturated rings. The third kappa shape index (κ3) is 2.69. The predicted molar refractivity (Wildman–Crippen MR) is 51.9 cm³/mol. The number of primary amides is 1. The van der Waals surface area contributed by atoms with Crippen LogP contribution < -0.4 is 11.5 Å². The standard InChI is InChI=1S/C9H7ClN2O/c10-7-3-1-6(5-8(7)11)2-4-9(12)13/h1,3,5H,11H2,(H2,12,13). The highest BCUT2D eigenvalue weighted by Crippen LogP contribution is 2.18. The van der Waals surface area contributed by atoms with Crippen LogP contribution in [0.15, 0.2) is 18.2 Å². The van der Waals surface area contributed by atoms with Crippen molar-refractivity contribution in [2.45, 2.75) is 0 Å². The average Bonchev–Trinajstić information content (AvgIpc) is 2.07. The number of carbonyl (C=O) groups is 1. The van der Waals surface area contributed by atoms with Crippen molar-refractivity contribution in [1.82, 2.24) is 0 Å². The van der Waals surface area contributed by atoms with Gasteiger partial charge in [-0.25, -0.2) is 0 Å². The molecule has 1 aromatic rings. The quantitative estimate of drug-likeness (QED) is 0.473. The van der Waals surface area contributed by atoms with Crippen molar-refractivity contribution < 1.29 is 4.79 Å². The van der Waals surface area contributed by atoms with Gasteiger partial charge in [0.2, 0.25) is 0 Å². The van der Waals surface area contributed by atoms with E-state index in [0.717, 1.165) is 0 Å². The van der Waals surface area contributed by atoms with Gasteiger partial charge in [0.25, 0.3) is 5.91 Å². The lowest BCUT2D eigenvalue weighted by Crippen LogP contribution is -2.06. The van der Waals surface area contributed by atoms with Gasteiger partial charge >= 0.3 is 0 Å². The largest absolute Gasteiger partial charge is 0.397 e. The maximum Gasteiger partial charge on any atom is 0.293 e. The monoisotopic (exact) mass is 194 g/mol. The van der Waals surface area contributed by atoms with E-state index in [9.17, 15) is 4.79 Å². The summed E-state index contributed by atoms with van der Waals surface area (Å²) in [6, 6.07) is 4.86. The van der Waals surface area contributed by atoms with E-state index in [1.54, 1.807) is 18.2 Å². The molecule has 4 heteroatoms. The number of nitrogens with two attached hydrogens (primary N) is 2. The fourth-order valence-corrected chi connectivity index (χ4v) is 0.873. The Balaban J connectivity index is 3.00. The summed E-state index contributed by atoms with van der Waals surface area (Å²) < 4.78 is 0. The number of hydrogen-bond donors (Lipinski definition) is 2. The zero-order valence-electron chi connectivity index (χ0n) is 6.67. The summed E-state index contributed by atoms with van der Waals surface area (Å²) in [6.45, 7) is 0. The maximum absolute atomic E-state index is 10.3. The van der Waals surface area contributed by atoms with Crippen LogP contribution in [0, 0.1) is 11.8 Å². The Bertz CT molecular complexity index is 404. The molecule has 0 spiro atoms. The molecule has 1 amide bonds. The number of carbonyl (C=O) groups excluding carboxylic acids is 1. The van der Waals surface area contributed by atoms with Crippen LogP contribution in [0.25, 0.3) is 0 Å². The zero-order chi connectivity index (χ0) is 9.84. The fourth-order valence-electron chi connectivity index (χ4n) is 0.755. The minimum Gasteiger partial charge on any atom is -0.397 e. The lowest BCUT2D eigenvalue weighted by molar-refractivity contribution is -0.112. The van der Waals surface area contributed by atoms with E-state index >= 15 is 0 Å². The van der Waals surface area contributed by atoms with Gasteiger partial charge in [-0.2, -0.15) is 0 Å². The average molecular weight is 195 g/mol. The zero-order valence-corrected chi connectivity index (χ0v) is 7.43.